The van der Waals surface area contributed by atoms with Crippen LogP contribution in [0.15, 0.2) is 36.5 Å². The highest BCUT2D eigenvalue weighted by Crippen LogP contribution is 2.11. The number of allylic oxidation sites excluding steroid dienone is 6. The monoisotopic (exact) mass is 562 g/mol. The van der Waals surface area contributed by atoms with Crippen molar-refractivity contribution in [3.05, 3.63) is 36.5 Å². The Morgan fingerprint density at radius 2 is 1.05 bits per heavy atom. The van der Waals surface area contributed by atoms with Gasteiger partial charge in [0.25, 0.3) is 0 Å². The molecule has 4 heteroatoms. The summed E-state index contributed by atoms with van der Waals surface area (Å²) in [6, 6.07) is 0. The third-order valence-corrected chi connectivity index (χ3v) is 7.22. The van der Waals surface area contributed by atoms with Crippen LogP contribution in [0.5, 0.6) is 0 Å². The molecule has 0 aliphatic rings. The third-order valence-electron chi connectivity index (χ3n) is 7.22. The Labute approximate surface area is 249 Å². The van der Waals surface area contributed by atoms with Crippen LogP contribution < -0.4 is 0 Å². The molecule has 0 heterocycles. The molecular weight excluding hydrogens is 496 g/mol. The van der Waals surface area contributed by atoms with Crippen molar-refractivity contribution in [2.45, 2.75) is 168 Å². The second kappa shape index (κ2) is 33.8. The molecule has 0 bridgehead atoms. The summed E-state index contributed by atoms with van der Waals surface area (Å²) in [6.45, 7) is 5.26. The van der Waals surface area contributed by atoms with Gasteiger partial charge >= 0.3 is 5.97 Å². The zero-order valence-corrected chi connectivity index (χ0v) is 26.6. The quantitative estimate of drug-likeness (QED) is 0.0518. The molecule has 1 atom stereocenters. The summed E-state index contributed by atoms with van der Waals surface area (Å²) in [5.41, 5.74) is 0. The van der Waals surface area contributed by atoms with E-state index in [1.54, 1.807) is 0 Å². The van der Waals surface area contributed by atoms with Crippen LogP contribution in [0.1, 0.15) is 162 Å². The summed E-state index contributed by atoms with van der Waals surface area (Å²) in [4.78, 5) is 12.0. The first-order valence-corrected chi connectivity index (χ1v) is 17.1. The van der Waals surface area contributed by atoms with Crippen molar-refractivity contribution in [2.24, 2.45) is 0 Å². The largest absolute Gasteiger partial charge is 0.457 e. The summed E-state index contributed by atoms with van der Waals surface area (Å²) in [6.07, 6.45) is 40.4. The number of unbranched alkanes of at least 4 members (excludes halogenated alkanes) is 17. The molecule has 0 aromatic rings. The molecule has 0 aromatic carbocycles. The van der Waals surface area contributed by atoms with Gasteiger partial charge < -0.3 is 14.6 Å². The average molecular weight is 563 g/mol. The van der Waals surface area contributed by atoms with Gasteiger partial charge in [-0.05, 0) is 51.4 Å². The fourth-order valence-electron chi connectivity index (χ4n) is 4.63. The van der Waals surface area contributed by atoms with E-state index in [4.69, 9.17) is 9.47 Å². The molecule has 0 amide bonds. The lowest BCUT2D eigenvalue weighted by Gasteiger charge is -2.15. The van der Waals surface area contributed by atoms with Gasteiger partial charge in [0.05, 0.1) is 13.2 Å². The zero-order chi connectivity index (χ0) is 29.2. The molecule has 0 aliphatic carbocycles. The molecule has 4 nitrogen and oxygen atoms in total. The van der Waals surface area contributed by atoms with Gasteiger partial charge in [-0.2, -0.15) is 0 Å². The number of rotatable bonds is 31. The number of carbonyl (C=O) groups is 1. The first-order chi connectivity index (χ1) is 19.7. The molecule has 40 heavy (non-hydrogen) atoms. The van der Waals surface area contributed by atoms with E-state index in [-0.39, 0.29) is 12.6 Å². The molecule has 0 aliphatic heterocycles. The molecular formula is C36H66O4. The average Bonchev–Trinajstić information content (AvgIpc) is 2.96. The van der Waals surface area contributed by atoms with Gasteiger partial charge in [0, 0.05) is 13.0 Å². The predicted octanol–water partition coefficient (Wildman–Crippen LogP) is 10.6. The fourth-order valence-corrected chi connectivity index (χ4v) is 4.63. The summed E-state index contributed by atoms with van der Waals surface area (Å²) >= 11 is 0. The number of ether oxygens (including phenoxy) is 2. The number of carbonyl (C=O) groups excluding carboxylic acids is 1. The third kappa shape index (κ3) is 31.1. The molecule has 234 valence electrons. The maximum atomic E-state index is 12.0. The van der Waals surface area contributed by atoms with Crippen molar-refractivity contribution in [1.82, 2.24) is 0 Å². The summed E-state index contributed by atoms with van der Waals surface area (Å²) in [5.74, 6) is -0.211. The summed E-state index contributed by atoms with van der Waals surface area (Å²) in [5, 5.41) is 9.49. The second-order valence-electron chi connectivity index (χ2n) is 11.2. The molecule has 1 N–H and O–H groups in total. The Morgan fingerprint density at radius 3 is 1.62 bits per heavy atom. The van der Waals surface area contributed by atoms with E-state index >= 15 is 0 Å². The molecule has 0 aromatic heterocycles. The van der Waals surface area contributed by atoms with Gasteiger partial charge in [-0.3, -0.25) is 4.79 Å². The van der Waals surface area contributed by atoms with Crippen molar-refractivity contribution in [1.29, 1.82) is 0 Å². The van der Waals surface area contributed by atoms with Gasteiger partial charge in [0.15, 0.2) is 0 Å². The molecule has 0 saturated carbocycles. The highest BCUT2D eigenvalue weighted by molar-refractivity contribution is 5.69. The van der Waals surface area contributed by atoms with Gasteiger partial charge in [0.2, 0.25) is 0 Å². The number of aliphatic hydroxyl groups excluding tert-OH is 1. The van der Waals surface area contributed by atoms with Crippen molar-refractivity contribution in [3.8, 4) is 0 Å². The van der Waals surface area contributed by atoms with Gasteiger partial charge in [0.1, 0.15) is 6.10 Å². The Morgan fingerprint density at radius 1 is 0.600 bits per heavy atom. The lowest BCUT2D eigenvalue weighted by molar-refractivity contribution is -0.154. The Kier molecular flexibility index (Phi) is 32.6. The van der Waals surface area contributed by atoms with E-state index in [9.17, 15) is 9.90 Å². The van der Waals surface area contributed by atoms with E-state index in [1.165, 1.54) is 109 Å². The number of esters is 1. The van der Waals surface area contributed by atoms with E-state index in [0.29, 0.717) is 19.6 Å². The van der Waals surface area contributed by atoms with Crippen molar-refractivity contribution in [3.63, 3.8) is 0 Å². The van der Waals surface area contributed by atoms with Crippen LogP contribution in [-0.4, -0.2) is 37.0 Å². The van der Waals surface area contributed by atoms with E-state index in [2.05, 4.69) is 50.3 Å². The van der Waals surface area contributed by atoms with Gasteiger partial charge in [-0.25, -0.2) is 0 Å². The summed E-state index contributed by atoms with van der Waals surface area (Å²) in [7, 11) is 0. The molecule has 1 unspecified atom stereocenters. The highest BCUT2D eigenvalue weighted by Gasteiger charge is 2.13. The first kappa shape index (κ1) is 38.6. The van der Waals surface area contributed by atoms with Crippen LogP contribution in [0.4, 0.5) is 0 Å². The number of aliphatic hydroxyl groups is 1. The SMILES string of the molecule is CCCCC/C=C\C/C=C\C/C=C\CCCCCCCCCOCC(CO)OC(=O)CCCCCCCCCC. The first-order valence-electron chi connectivity index (χ1n) is 17.1. The van der Waals surface area contributed by atoms with Crippen LogP contribution in [-0.2, 0) is 14.3 Å². The van der Waals surface area contributed by atoms with Crippen LogP contribution >= 0.6 is 0 Å². The lowest BCUT2D eigenvalue weighted by atomic mass is 10.1. The van der Waals surface area contributed by atoms with E-state index in [0.717, 1.165) is 32.1 Å². The Balaban J connectivity index is 3.45. The van der Waals surface area contributed by atoms with Gasteiger partial charge in [-0.15, -0.1) is 0 Å². The standard InChI is InChI=1S/C36H66O4/c1-3-5-7-9-11-13-14-15-16-17-18-19-20-21-22-23-24-26-28-30-32-39-34-35(33-37)40-36(38)31-29-27-25-12-10-8-6-4-2/h11,13,15-16,18-19,35,37H,3-10,12,14,17,20-34H2,1-2H3/b13-11-,16-15-,19-18-. The minimum atomic E-state index is -0.533. The van der Waals surface area contributed by atoms with Gasteiger partial charge in [-0.1, -0.05) is 140 Å². The molecule has 0 rings (SSSR count). The number of hydrogen-bond acceptors (Lipinski definition) is 4. The fraction of sp³-hybridized carbons (Fsp3) is 0.806. The minimum Gasteiger partial charge on any atom is -0.457 e. The van der Waals surface area contributed by atoms with Crippen molar-refractivity contribution >= 4 is 5.97 Å². The highest BCUT2D eigenvalue weighted by atomic mass is 16.6. The lowest BCUT2D eigenvalue weighted by Crippen LogP contribution is -2.27. The number of hydrogen-bond donors (Lipinski definition) is 1. The van der Waals surface area contributed by atoms with Crippen molar-refractivity contribution < 1.29 is 19.4 Å². The molecule has 0 saturated heterocycles. The Hall–Kier alpha value is -1.39. The molecule has 0 fully saturated rings. The van der Waals surface area contributed by atoms with Crippen LogP contribution in [0.25, 0.3) is 0 Å². The predicted molar refractivity (Wildman–Crippen MR) is 173 cm³/mol. The smallest absolute Gasteiger partial charge is 0.306 e. The zero-order valence-electron chi connectivity index (χ0n) is 26.6. The maximum absolute atomic E-state index is 12.0. The van der Waals surface area contributed by atoms with Crippen molar-refractivity contribution in [2.75, 3.05) is 19.8 Å². The van der Waals surface area contributed by atoms with Crippen LogP contribution in [0.2, 0.25) is 0 Å². The molecule has 0 radical (unpaired) electrons. The van der Waals surface area contributed by atoms with Crippen LogP contribution in [0, 0.1) is 0 Å². The second-order valence-corrected chi connectivity index (χ2v) is 11.2. The topological polar surface area (TPSA) is 55.8 Å². The minimum absolute atomic E-state index is 0.175. The maximum Gasteiger partial charge on any atom is 0.306 e. The van der Waals surface area contributed by atoms with E-state index < -0.39 is 6.10 Å². The molecule has 0 spiro atoms. The van der Waals surface area contributed by atoms with E-state index in [1.807, 2.05) is 0 Å². The summed E-state index contributed by atoms with van der Waals surface area (Å²) < 4.78 is 11.0. The Bertz CT molecular complexity index is 596. The van der Waals surface area contributed by atoms with Crippen LogP contribution in [0.3, 0.4) is 0 Å². The normalized spacial score (nSPS) is 12.8.